The van der Waals surface area contributed by atoms with Crippen molar-refractivity contribution in [2.75, 3.05) is 26.7 Å². The number of ether oxygens (including phenoxy) is 1. The summed E-state index contributed by atoms with van der Waals surface area (Å²) in [5.74, 6) is -0.122. The second-order valence-electron chi connectivity index (χ2n) is 4.02. The van der Waals surface area contributed by atoms with Crippen molar-refractivity contribution in [1.82, 2.24) is 10.6 Å². The highest BCUT2D eigenvalue weighted by atomic mass is 35.5. The van der Waals surface area contributed by atoms with Gasteiger partial charge in [-0.3, -0.25) is 4.79 Å². The summed E-state index contributed by atoms with van der Waals surface area (Å²) in [6.45, 7) is 3.81. The minimum Gasteiger partial charge on any atom is -0.496 e. The summed E-state index contributed by atoms with van der Waals surface area (Å²) in [4.78, 5) is 11.9. The molecule has 0 aliphatic heterocycles. The van der Waals surface area contributed by atoms with Gasteiger partial charge in [0.15, 0.2) is 0 Å². The second kappa shape index (κ2) is 8.83. The Morgan fingerprint density at radius 2 is 2.00 bits per heavy atom. The fourth-order valence-electron chi connectivity index (χ4n) is 1.58. The first kappa shape index (κ1) is 19.7. The lowest BCUT2D eigenvalue weighted by Crippen LogP contribution is -2.32. The number of benzene rings is 1. The molecule has 0 heterocycles. The van der Waals surface area contributed by atoms with E-state index in [1.165, 1.54) is 25.3 Å². The molecule has 4 N–H and O–H groups in total. The number of hydrogen-bond acceptors (Lipinski definition) is 5. The van der Waals surface area contributed by atoms with Gasteiger partial charge in [0, 0.05) is 13.1 Å². The number of nitrogens with two attached hydrogens (primary N) is 1. The van der Waals surface area contributed by atoms with E-state index in [1.54, 1.807) is 0 Å². The first-order valence-electron chi connectivity index (χ1n) is 6.10. The minimum atomic E-state index is -3.86. The van der Waals surface area contributed by atoms with Gasteiger partial charge in [0.05, 0.1) is 17.6 Å². The van der Waals surface area contributed by atoms with E-state index in [0.717, 1.165) is 6.54 Å². The summed E-state index contributed by atoms with van der Waals surface area (Å²) < 4.78 is 27.7. The molecular formula is C12H20ClN3O4S. The largest absolute Gasteiger partial charge is 0.496 e. The highest BCUT2D eigenvalue weighted by molar-refractivity contribution is 7.89. The van der Waals surface area contributed by atoms with Crippen molar-refractivity contribution in [2.24, 2.45) is 5.14 Å². The van der Waals surface area contributed by atoms with Gasteiger partial charge in [-0.15, -0.1) is 12.4 Å². The molecule has 1 amide bonds. The van der Waals surface area contributed by atoms with E-state index in [9.17, 15) is 13.2 Å². The van der Waals surface area contributed by atoms with Crippen LogP contribution in [0, 0.1) is 0 Å². The predicted molar refractivity (Wildman–Crippen MR) is 82.5 cm³/mol. The van der Waals surface area contributed by atoms with Gasteiger partial charge in [-0.25, -0.2) is 13.6 Å². The van der Waals surface area contributed by atoms with E-state index < -0.39 is 15.9 Å². The summed E-state index contributed by atoms with van der Waals surface area (Å²) in [5.41, 5.74) is 0.135. The molecule has 0 fully saturated rings. The Hall–Kier alpha value is -1.35. The molecule has 0 unspecified atom stereocenters. The average Bonchev–Trinajstić information content (AvgIpc) is 2.41. The molecule has 1 aromatic rings. The van der Waals surface area contributed by atoms with Crippen LogP contribution in [0.5, 0.6) is 5.75 Å². The third kappa shape index (κ3) is 5.88. The number of halogens is 1. The first-order chi connectivity index (χ1) is 9.40. The summed E-state index contributed by atoms with van der Waals surface area (Å²) in [5, 5.41) is 10.8. The van der Waals surface area contributed by atoms with Gasteiger partial charge >= 0.3 is 0 Å². The SMILES string of the molecule is CCNCCNC(=O)c1cc(S(N)(=O)=O)ccc1OC.Cl. The number of likely N-dealkylation sites (N-methyl/N-ethyl adjacent to an activating group) is 1. The maximum atomic E-state index is 12.0. The third-order valence-electron chi connectivity index (χ3n) is 2.58. The zero-order chi connectivity index (χ0) is 15.2. The van der Waals surface area contributed by atoms with Crippen molar-refractivity contribution in [3.05, 3.63) is 23.8 Å². The van der Waals surface area contributed by atoms with Crippen LogP contribution in [0.1, 0.15) is 17.3 Å². The molecule has 0 bridgehead atoms. The molecule has 1 aromatic carbocycles. The lowest BCUT2D eigenvalue weighted by Gasteiger charge is -2.10. The van der Waals surface area contributed by atoms with Crippen LogP contribution < -0.4 is 20.5 Å². The number of sulfonamides is 1. The van der Waals surface area contributed by atoms with Gasteiger partial charge in [-0.1, -0.05) is 6.92 Å². The number of primary sulfonamides is 1. The summed E-state index contributed by atoms with van der Waals surface area (Å²) >= 11 is 0. The molecule has 9 heteroatoms. The number of carbonyl (C=O) groups excluding carboxylic acids is 1. The molecule has 120 valence electrons. The molecule has 7 nitrogen and oxygen atoms in total. The van der Waals surface area contributed by atoms with Gasteiger partial charge in [0.25, 0.3) is 5.91 Å². The number of amides is 1. The topological polar surface area (TPSA) is 111 Å². The van der Waals surface area contributed by atoms with Crippen LogP contribution in [0.4, 0.5) is 0 Å². The fraction of sp³-hybridized carbons (Fsp3) is 0.417. The van der Waals surface area contributed by atoms with Crippen LogP contribution in [0.2, 0.25) is 0 Å². The van der Waals surface area contributed by atoms with Crippen molar-refractivity contribution >= 4 is 28.3 Å². The average molecular weight is 338 g/mol. The van der Waals surface area contributed by atoms with E-state index in [0.29, 0.717) is 18.8 Å². The molecule has 0 aromatic heterocycles. The Kier molecular flexibility index (Phi) is 8.26. The van der Waals surface area contributed by atoms with Gasteiger partial charge in [-0.2, -0.15) is 0 Å². The van der Waals surface area contributed by atoms with Crippen LogP contribution in [0.3, 0.4) is 0 Å². The maximum absolute atomic E-state index is 12.0. The number of hydrogen-bond donors (Lipinski definition) is 3. The van der Waals surface area contributed by atoms with Crippen molar-refractivity contribution in [3.8, 4) is 5.75 Å². The zero-order valence-corrected chi connectivity index (χ0v) is 13.5. The highest BCUT2D eigenvalue weighted by Crippen LogP contribution is 2.21. The van der Waals surface area contributed by atoms with E-state index in [2.05, 4.69) is 10.6 Å². The van der Waals surface area contributed by atoms with Crippen LogP contribution >= 0.6 is 12.4 Å². The van der Waals surface area contributed by atoms with Crippen molar-refractivity contribution in [2.45, 2.75) is 11.8 Å². The third-order valence-corrected chi connectivity index (χ3v) is 3.49. The number of nitrogens with one attached hydrogen (secondary N) is 2. The van der Waals surface area contributed by atoms with Crippen molar-refractivity contribution in [1.29, 1.82) is 0 Å². The molecule has 0 spiro atoms. The quantitative estimate of drug-likeness (QED) is 0.611. The standard InChI is InChI=1S/C12H19N3O4S.ClH/c1-3-14-6-7-15-12(16)10-8-9(20(13,17)18)4-5-11(10)19-2;/h4-5,8,14H,3,6-7H2,1-2H3,(H,15,16)(H2,13,17,18);1H. The van der Waals surface area contributed by atoms with Gasteiger partial charge in [-0.05, 0) is 24.7 Å². The maximum Gasteiger partial charge on any atom is 0.255 e. The normalized spacial score (nSPS) is 10.6. The fourth-order valence-corrected chi connectivity index (χ4v) is 2.12. The molecular weight excluding hydrogens is 318 g/mol. The molecule has 1 rings (SSSR count). The Balaban J connectivity index is 0.00000400. The summed E-state index contributed by atoms with van der Waals surface area (Å²) in [6, 6.07) is 3.90. The van der Waals surface area contributed by atoms with Crippen molar-refractivity contribution in [3.63, 3.8) is 0 Å². The predicted octanol–water partition coefficient (Wildman–Crippen LogP) is 0.104. The molecule has 0 radical (unpaired) electrons. The van der Waals surface area contributed by atoms with Gasteiger partial charge in [0.2, 0.25) is 10.0 Å². The number of carbonyl (C=O) groups is 1. The number of methoxy groups -OCH3 is 1. The number of rotatable bonds is 7. The smallest absolute Gasteiger partial charge is 0.255 e. The van der Waals surface area contributed by atoms with E-state index in [1.807, 2.05) is 6.92 Å². The molecule has 0 saturated heterocycles. The molecule has 0 aliphatic carbocycles. The van der Waals surface area contributed by atoms with Crippen molar-refractivity contribution < 1.29 is 17.9 Å². The van der Waals surface area contributed by atoms with Crippen LogP contribution in [-0.4, -0.2) is 41.1 Å². The Morgan fingerprint density at radius 3 is 2.52 bits per heavy atom. The first-order valence-corrected chi connectivity index (χ1v) is 7.64. The van der Waals surface area contributed by atoms with E-state index >= 15 is 0 Å². The van der Waals surface area contributed by atoms with E-state index in [4.69, 9.17) is 9.88 Å². The van der Waals surface area contributed by atoms with Gasteiger partial charge in [0.1, 0.15) is 5.75 Å². The van der Waals surface area contributed by atoms with Gasteiger partial charge < -0.3 is 15.4 Å². The molecule has 0 aliphatic rings. The highest BCUT2D eigenvalue weighted by Gasteiger charge is 2.16. The second-order valence-corrected chi connectivity index (χ2v) is 5.58. The molecule has 0 atom stereocenters. The lowest BCUT2D eigenvalue weighted by molar-refractivity contribution is 0.0950. The van der Waals surface area contributed by atoms with Crippen LogP contribution in [0.25, 0.3) is 0 Å². The zero-order valence-electron chi connectivity index (χ0n) is 11.9. The Bertz CT molecular complexity index is 578. The monoisotopic (exact) mass is 337 g/mol. The molecule has 0 saturated carbocycles. The van der Waals surface area contributed by atoms with E-state index in [-0.39, 0.29) is 22.9 Å². The van der Waals surface area contributed by atoms with Crippen LogP contribution in [0.15, 0.2) is 23.1 Å². The lowest BCUT2D eigenvalue weighted by atomic mass is 10.2. The Morgan fingerprint density at radius 1 is 1.33 bits per heavy atom. The minimum absolute atomic E-state index is 0. The Labute approximate surface area is 130 Å². The molecule has 21 heavy (non-hydrogen) atoms. The summed E-state index contributed by atoms with van der Waals surface area (Å²) in [7, 11) is -2.46. The summed E-state index contributed by atoms with van der Waals surface area (Å²) in [6.07, 6.45) is 0. The van der Waals surface area contributed by atoms with Crippen LogP contribution in [-0.2, 0) is 10.0 Å².